The van der Waals surface area contributed by atoms with Gasteiger partial charge in [-0.15, -0.1) is 11.8 Å². The maximum absolute atomic E-state index is 13.5. The van der Waals surface area contributed by atoms with Crippen molar-refractivity contribution < 1.29 is 14.0 Å². The molecule has 3 rings (SSSR count). The third-order valence-electron chi connectivity index (χ3n) is 3.72. The van der Waals surface area contributed by atoms with E-state index >= 15 is 0 Å². The lowest BCUT2D eigenvalue weighted by atomic mass is 10.2. The van der Waals surface area contributed by atoms with Crippen LogP contribution in [0.5, 0.6) is 0 Å². The van der Waals surface area contributed by atoms with E-state index in [-0.39, 0.29) is 23.3 Å². The highest BCUT2D eigenvalue weighted by Crippen LogP contribution is 2.22. The van der Waals surface area contributed by atoms with Gasteiger partial charge in [-0.1, -0.05) is 29.8 Å². The Morgan fingerprint density at radius 1 is 0.929 bits per heavy atom. The number of halogens is 2. The lowest BCUT2D eigenvalue weighted by molar-refractivity contribution is -0.113. The fourth-order valence-electron chi connectivity index (χ4n) is 2.37. The maximum atomic E-state index is 13.5. The van der Waals surface area contributed by atoms with E-state index in [1.807, 2.05) is 0 Å². The summed E-state index contributed by atoms with van der Waals surface area (Å²) in [5.41, 5.74) is 1.26. The Hall–Kier alpha value is -2.83. The van der Waals surface area contributed by atoms with Crippen LogP contribution in [0.2, 0.25) is 5.02 Å². The molecule has 0 aliphatic rings. The average Bonchev–Trinajstić information content (AvgIpc) is 2.69. The van der Waals surface area contributed by atoms with E-state index in [1.54, 1.807) is 60.7 Å². The van der Waals surface area contributed by atoms with Crippen LogP contribution < -0.4 is 10.6 Å². The molecule has 0 saturated carbocycles. The lowest BCUT2D eigenvalue weighted by Gasteiger charge is -2.08. The predicted octanol–water partition coefficient (Wildman–Crippen LogP) is 5.46. The highest BCUT2D eigenvalue weighted by molar-refractivity contribution is 8.00. The molecule has 4 nitrogen and oxygen atoms in total. The molecule has 7 heteroatoms. The van der Waals surface area contributed by atoms with Crippen molar-refractivity contribution in [3.05, 3.63) is 89.2 Å². The summed E-state index contributed by atoms with van der Waals surface area (Å²) >= 11 is 7.21. The van der Waals surface area contributed by atoms with Gasteiger partial charge >= 0.3 is 0 Å². The number of anilines is 2. The zero-order chi connectivity index (χ0) is 19.9. The molecule has 0 unspecified atom stereocenters. The van der Waals surface area contributed by atoms with Gasteiger partial charge in [0.25, 0.3) is 5.91 Å². The summed E-state index contributed by atoms with van der Waals surface area (Å²) in [6, 6.07) is 19.8. The third-order valence-corrected chi connectivity index (χ3v) is 4.96. The first kappa shape index (κ1) is 19.9. The van der Waals surface area contributed by atoms with Crippen molar-refractivity contribution in [1.29, 1.82) is 0 Å². The number of para-hydroxylation sites is 1. The highest BCUT2D eigenvalue weighted by atomic mass is 35.5. The molecule has 28 heavy (non-hydrogen) atoms. The summed E-state index contributed by atoms with van der Waals surface area (Å²) in [6.45, 7) is 0. The number of hydrogen-bond acceptors (Lipinski definition) is 3. The summed E-state index contributed by atoms with van der Waals surface area (Å²) in [5, 5.41) is 5.82. The van der Waals surface area contributed by atoms with E-state index in [9.17, 15) is 14.0 Å². The predicted molar refractivity (Wildman–Crippen MR) is 112 cm³/mol. The lowest BCUT2D eigenvalue weighted by Crippen LogP contribution is -2.15. The molecular formula is C21H16ClFN2O2S. The zero-order valence-corrected chi connectivity index (χ0v) is 16.2. The molecule has 0 saturated heterocycles. The zero-order valence-electron chi connectivity index (χ0n) is 14.6. The normalized spacial score (nSPS) is 10.4. The molecule has 0 aromatic heterocycles. The molecule has 0 bridgehead atoms. The Balaban J connectivity index is 1.52. The first-order valence-electron chi connectivity index (χ1n) is 8.35. The minimum Gasteiger partial charge on any atom is -0.323 e. The smallest absolute Gasteiger partial charge is 0.255 e. The molecule has 142 valence electrons. The Morgan fingerprint density at radius 2 is 1.68 bits per heavy atom. The third kappa shape index (κ3) is 5.58. The largest absolute Gasteiger partial charge is 0.323 e. The first-order valence-corrected chi connectivity index (χ1v) is 9.72. The van der Waals surface area contributed by atoms with Crippen molar-refractivity contribution in [2.75, 3.05) is 16.4 Å². The van der Waals surface area contributed by atoms with Crippen LogP contribution in [0, 0.1) is 5.82 Å². The summed E-state index contributed by atoms with van der Waals surface area (Å²) in [7, 11) is 0. The monoisotopic (exact) mass is 414 g/mol. The standard InChI is InChI=1S/C21H16ClFN2O2S/c22-15-5-3-4-14(12-15)21(27)24-16-8-10-17(11-9-16)28-13-20(26)25-19-7-2-1-6-18(19)23/h1-12H,13H2,(H,24,27)(H,25,26). The second-order valence-electron chi connectivity index (χ2n) is 5.81. The number of hydrogen-bond donors (Lipinski definition) is 2. The van der Waals surface area contributed by atoms with Crippen molar-refractivity contribution in [3.63, 3.8) is 0 Å². The van der Waals surface area contributed by atoms with Gasteiger partial charge in [-0.05, 0) is 54.6 Å². The maximum Gasteiger partial charge on any atom is 0.255 e. The first-order chi connectivity index (χ1) is 13.5. The molecule has 0 aliphatic heterocycles. The molecule has 0 spiro atoms. The van der Waals surface area contributed by atoms with Gasteiger partial charge in [0.15, 0.2) is 0 Å². The van der Waals surface area contributed by atoms with Gasteiger partial charge in [-0.3, -0.25) is 9.59 Å². The minimum absolute atomic E-state index is 0.141. The van der Waals surface area contributed by atoms with Crippen molar-refractivity contribution in [3.8, 4) is 0 Å². The molecule has 0 fully saturated rings. The number of carbonyl (C=O) groups excluding carboxylic acids is 2. The highest BCUT2D eigenvalue weighted by Gasteiger charge is 2.09. The van der Waals surface area contributed by atoms with Gasteiger partial charge in [0.2, 0.25) is 5.91 Å². The van der Waals surface area contributed by atoms with Gasteiger partial charge in [0.05, 0.1) is 11.4 Å². The van der Waals surface area contributed by atoms with E-state index in [0.29, 0.717) is 16.3 Å². The van der Waals surface area contributed by atoms with Gasteiger partial charge in [-0.25, -0.2) is 4.39 Å². The SMILES string of the molecule is O=C(CSc1ccc(NC(=O)c2cccc(Cl)c2)cc1)Nc1ccccc1F. The summed E-state index contributed by atoms with van der Waals surface area (Å²) in [6.07, 6.45) is 0. The molecule has 0 atom stereocenters. The summed E-state index contributed by atoms with van der Waals surface area (Å²) in [4.78, 5) is 25.0. The van der Waals surface area contributed by atoms with E-state index < -0.39 is 5.82 Å². The molecule has 2 amide bonds. The van der Waals surface area contributed by atoms with E-state index in [0.717, 1.165) is 4.90 Å². The molecule has 2 N–H and O–H groups in total. The van der Waals surface area contributed by atoms with Crippen molar-refractivity contribution in [2.24, 2.45) is 0 Å². The molecule has 3 aromatic rings. The van der Waals surface area contributed by atoms with Crippen LogP contribution in [0.4, 0.5) is 15.8 Å². The Labute approximate surface area is 171 Å². The van der Waals surface area contributed by atoms with Crippen LogP contribution in [0.3, 0.4) is 0 Å². The quantitative estimate of drug-likeness (QED) is 0.526. The number of thioether (sulfide) groups is 1. The van der Waals surface area contributed by atoms with Gasteiger partial charge < -0.3 is 10.6 Å². The number of amides is 2. The minimum atomic E-state index is -0.472. The molecule has 0 heterocycles. The van der Waals surface area contributed by atoms with Crippen LogP contribution in [0.15, 0.2) is 77.7 Å². The topological polar surface area (TPSA) is 58.2 Å². The Morgan fingerprint density at radius 3 is 2.39 bits per heavy atom. The van der Waals surface area contributed by atoms with Crippen LogP contribution >= 0.6 is 23.4 Å². The van der Waals surface area contributed by atoms with Gasteiger partial charge in [-0.2, -0.15) is 0 Å². The average molecular weight is 415 g/mol. The number of carbonyl (C=O) groups is 2. The van der Waals surface area contributed by atoms with Crippen LogP contribution in [0.1, 0.15) is 10.4 Å². The summed E-state index contributed by atoms with van der Waals surface area (Å²) in [5.74, 6) is -0.885. The van der Waals surface area contributed by atoms with Crippen LogP contribution in [-0.2, 0) is 4.79 Å². The Kier molecular flexibility index (Phi) is 6.68. The number of rotatable bonds is 6. The molecule has 3 aromatic carbocycles. The summed E-state index contributed by atoms with van der Waals surface area (Å²) < 4.78 is 13.5. The van der Waals surface area contributed by atoms with Gasteiger partial charge in [0.1, 0.15) is 5.82 Å². The fourth-order valence-corrected chi connectivity index (χ4v) is 3.25. The van der Waals surface area contributed by atoms with Crippen molar-refractivity contribution >= 4 is 46.6 Å². The fraction of sp³-hybridized carbons (Fsp3) is 0.0476. The van der Waals surface area contributed by atoms with Crippen molar-refractivity contribution in [1.82, 2.24) is 0 Å². The molecular weight excluding hydrogens is 399 g/mol. The van der Waals surface area contributed by atoms with E-state index in [2.05, 4.69) is 10.6 Å². The Bertz CT molecular complexity index is 996. The second kappa shape index (κ2) is 9.39. The van der Waals surface area contributed by atoms with E-state index in [4.69, 9.17) is 11.6 Å². The van der Waals surface area contributed by atoms with Crippen LogP contribution in [0.25, 0.3) is 0 Å². The number of nitrogens with one attached hydrogen (secondary N) is 2. The second-order valence-corrected chi connectivity index (χ2v) is 7.29. The van der Waals surface area contributed by atoms with Gasteiger partial charge in [0, 0.05) is 21.2 Å². The number of benzene rings is 3. The van der Waals surface area contributed by atoms with Crippen molar-refractivity contribution in [2.45, 2.75) is 4.90 Å². The molecule has 0 aliphatic carbocycles. The molecule has 0 radical (unpaired) electrons. The van der Waals surface area contributed by atoms with E-state index in [1.165, 1.54) is 23.9 Å². The van der Waals surface area contributed by atoms with Crippen LogP contribution in [-0.4, -0.2) is 17.6 Å².